The van der Waals surface area contributed by atoms with Crippen LogP contribution in [-0.4, -0.2) is 46.5 Å². The zero-order chi connectivity index (χ0) is 13.3. The predicted molar refractivity (Wildman–Crippen MR) is 75.3 cm³/mol. The van der Waals surface area contributed by atoms with Crippen LogP contribution < -0.4 is 0 Å². The zero-order valence-corrected chi connectivity index (χ0v) is 12.4. The van der Waals surface area contributed by atoms with E-state index in [0.29, 0.717) is 0 Å². The number of hydrogen-bond donors (Lipinski definition) is 0. The Hall–Kier alpha value is -0.710. The Bertz CT molecular complexity index is 362. The molecule has 0 radical (unpaired) electrons. The molecule has 2 heterocycles. The number of aliphatic imine (C=N–C) groups is 1. The lowest BCUT2D eigenvalue weighted by Crippen LogP contribution is -2.57. The molecule has 0 spiro atoms. The fourth-order valence-corrected chi connectivity index (χ4v) is 3.30. The second-order valence-corrected chi connectivity index (χ2v) is 6.70. The van der Waals surface area contributed by atoms with Crippen molar-refractivity contribution >= 4 is 22.9 Å². The monoisotopic (exact) mass is 270 g/mol. The molecule has 2 atom stereocenters. The number of thioether (sulfide) groups is 1. The van der Waals surface area contributed by atoms with Gasteiger partial charge in [0.05, 0.1) is 23.7 Å². The highest BCUT2D eigenvalue weighted by atomic mass is 32.2. The number of carbonyl (C=O) groups is 1. The molecule has 1 amide bonds. The summed E-state index contributed by atoms with van der Waals surface area (Å²) < 4.78 is 5.53. The van der Waals surface area contributed by atoms with Gasteiger partial charge in [-0.25, -0.2) is 4.79 Å². The van der Waals surface area contributed by atoms with E-state index < -0.39 is 5.60 Å². The topological polar surface area (TPSA) is 41.9 Å². The number of nitrogens with zero attached hydrogens (tertiary/aromatic N) is 2. The average Bonchev–Trinajstić information content (AvgIpc) is 2.26. The molecule has 0 N–H and O–H groups in total. The smallest absolute Gasteiger partial charge is 0.411 e. The van der Waals surface area contributed by atoms with Crippen LogP contribution in [0.1, 0.15) is 40.0 Å². The third kappa shape index (κ3) is 2.82. The van der Waals surface area contributed by atoms with Crippen LogP contribution in [0.4, 0.5) is 4.79 Å². The van der Waals surface area contributed by atoms with Gasteiger partial charge >= 0.3 is 6.09 Å². The third-order valence-corrected chi connectivity index (χ3v) is 4.12. The first kappa shape index (κ1) is 13.7. The van der Waals surface area contributed by atoms with Crippen LogP contribution >= 0.6 is 11.8 Å². The van der Waals surface area contributed by atoms with Crippen LogP contribution in [0.2, 0.25) is 0 Å². The van der Waals surface area contributed by atoms with Gasteiger partial charge in [-0.1, -0.05) is 0 Å². The molecule has 1 saturated heterocycles. The molecule has 1 fully saturated rings. The molecule has 0 aromatic heterocycles. The minimum absolute atomic E-state index is 0.141. The quantitative estimate of drug-likeness (QED) is 0.679. The molecule has 0 aliphatic carbocycles. The maximum absolute atomic E-state index is 12.3. The number of fused-ring (bicyclic) bond motifs is 2. The first-order valence-corrected chi connectivity index (χ1v) is 7.74. The van der Waals surface area contributed by atoms with Gasteiger partial charge in [0.25, 0.3) is 0 Å². The van der Waals surface area contributed by atoms with Crippen LogP contribution in [-0.2, 0) is 4.74 Å². The van der Waals surface area contributed by atoms with E-state index >= 15 is 0 Å². The summed E-state index contributed by atoms with van der Waals surface area (Å²) in [5.41, 5.74) is -0.431. The largest absolute Gasteiger partial charge is 0.444 e. The summed E-state index contributed by atoms with van der Waals surface area (Å²) in [7, 11) is 0. The lowest BCUT2D eigenvalue weighted by Gasteiger charge is -2.44. The van der Waals surface area contributed by atoms with Gasteiger partial charge in [-0.3, -0.25) is 9.89 Å². The fraction of sp³-hybridized carbons (Fsp3) is 0.846. The Labute approximate surface area is 113 Å². The third-order valence-electron chi connectivity index (χ3n) is 3.30. The summed E-state index contributed by atoms with van der Waals surface area (Å²) in [5, 5.41) is 1.08. The van der Waals surface area contributed by atoms with E-state index in [4.69, 9.17) is 4.74 Å². The predicted octanol–water partition coefficient (Wildman–Crippen LogP) is 2.92. The van der Waals surface area contributed by atoms with E-state index in [-0.39, 0.29) is 18.2 Å². The molecular formula is C13H22N2O2S. The lowest BCUT2D eigenvalue weighted by atomic mass is 9.94. The summed E-state index contributed by atoms with van der Waals surface area (Å²) in [4.78, 5) is 18.8. The van der Waals surface area contributed by atoms with Crippen LogP contribution in [0.3, 0.4) is 0 Å². The average molecular weight is 270 g/mol. The number of rotatable bonds is 0. The van der Waals surface area contributed by atoms with E-state index in [1.165, 1.54) is 6.42 Å². The molecule has 102 valence electrons. The summed E-state index contributed by atoms with van der Waals surface area (Å²) >= 11 is 1.65. The van der Waals surface area contributed by atoms with Crippen molar-refractivity contribution in [2.45, 2.75) is 57.7 Å². The van der Waals surface area contributed by atoms with Crippen molar-refractivity contribution in [3.8, 4) is 0 Å². The van der Waals surface area contributed by atoms with Crippen LogP contribution in [0, 0.1) is 0 Å². The van der Waals surface area contributed by atoms with E-state index in [1.54, 1.807) is 11.8 Å². The Kier molecular flexibility index (Phi) is 3.90. The van der Waals surface area contributed by atoms with Crippen molar-refractivity contribution in [1.82, 2.24) is 4.90 Å². The molecule has 0 aromatic rings. The van der Waals surface area contributed by atoms with Crippen molar-refractivity contribution in [1.29, 1.82) is 0 Å². The van der Waals surface area contributed by atoms with Gasteiger partial charge in [0, 0.05) is 0 Å². The normalized spacial score (nSPS) is 27.8. The summed E-state index contributed by atoms with van der Waals surface area (Å²) in [6, 6.07) is 0.372. The number of amides is 1. The lowest BCUT2D eigenvalue weighted by molar-refractivity contribution is 0.00311. The summed E-state index contributed by atoms with van der Waals surface area (Å²) in [6.45, 7) is 6.46. The molecule has 0 aromatic carbocycles. The summed E-state index contributed by atoms with van der Waals surface area (Å²) in [5.74, 6) is 0. The van der Waals surface area contributed by atoms with Gasteiger partial charge in [-0.15, -0.1) is 11.8 Å². The molecular weight excluding hydrogens is 248 g/mol. The van der Waals surface area contributed by atoms with Gasteiger partial charge < -0.3 is 4.74 Å². The molecule has 2 rings (SSSR count). The van der Waals surface area contributed by atoms with E-state index in [2.05, 4.69) is 4.99 Å². The first-order chi connectivity index (χ1) is 8.42. The maximum atomic E-state index is 12.3. The molecule has 2 unspecified atom stereocenters. The van der Waals surface area contributed by atoms with Gasteiger partial charge in [-0.2, -0.15) is 0 Å². The Morgan fingerprint density at radius 1 is 1.44 bits per heavy atom. The molecule has 0 saturated carbocycles. The number of carbonyl (C=O) groups excluding carboxylic acids is 1. The van der Waals surface area contributed by atoms with Crippen molar-refractivity contribution < 1.29 is 9.53 Å². The number of ether oxygens (including phenoxy) is 1. The van der Waals surface area contributed by atoms with Crippen LogP contribution in [0.5, 0.6) is 0 Å². The standard InChI is InChI=1S/C13H22N2O2S/c1-13(2,3)17-12(16)15-9-6-5-7-10(15)11(18-4)14-8-9/h9-10H,5-8H2,1-4H3. The number of piperidine rings is 1. The highest BCUT2D eigenvalue weighted by Crippen LogP contribution is 2.31. The Morgan fingerprint density at radius 3 is 2.78 bits per heavy atom. The van der Waals surface area contributed by atoms with Crippen molar-refractivity contribution in [3.63, 3.8) is 0 Å². The zero-order valence-electron chi connectivity index (χ0n) is 11.6. The highest BCUT2D eigenvalue weighted by molar-refractivity contribution is 8.13. The highest BCUT2D eigenvalue weighted by Gasteiger charge is 2.41. The van der Waals surface area contributed by atoms with Crippen molar-refractivity contribution in [2.24, 2.45) is 4.99 Å². The molecule has 5 heteroatoms. The molecule has 2 bridgehead atoms. The molecule has 2 aliphatic rings. The fourth-order valence-electron chi connectivity index (χ4n) is 2.59. The van der Waals surface area contributed by atoms with Gasteiger partial charge in [-0.05, 0) is 46.3 Å². The van der Waals surface area contributed by atoms with E-state index in [9.17, 15) is 4.79 Å². The van der Waals surface area contributed by atoms with Gasteiger partial charge in [0.2, 0.25) is 0 Å². The molecule has 18 heavy (non-hydrogen) atoms. The van der Waals surface area contributed by atoms with E-state index in [1.807, 2.05) is 31.9 Å². The van der Waals surface area contributed by atoms with Crippen LogP contribution in [0.15, 0.2) is 4.99 Å². The SMILES string of the molecule is CSC1=NCC2CCCC1N2C(=O)OC(C)(C)C. The van der Waals surface area contributed by atoms with Crippen molar-refractivity contribution in [3.05, 3.63) is 0 Å². The van der Waals surface area contributed by atoms with Crippen LogP contribution in [0.25, 0.3) is 0 Å². The van der Waals surface area contributed by atoms with E-state index in [0.717, 1.165) is 24.4 Å². The van der Waals surface area contributed by atoms with Gasteiger partial charge in [0.15, 0.2) is 0 Å². The Balaban J connectivity index is 2.17. The van der Waals surface area contributed by atoms with Gasteiger partial charge in [0.1, 0.15) is 5.60 Å². The Morgan fingerprint density at radius 2 is 2.17 bits per heavy atom. The summed E-state index contributed by atoms with van der Waals surface area (Å²) in [6.07, 6.45) is 5.07. The number of hydrogen-bond acceptors (Lipinski definition) is 4. The minimum atomic E-state index is -0.431. The first-order valence-electron chi connectivity index (χ1n) is 6.52. The second kappa shape index (κ2) is 5.11. The second-order valence-electron chi connectivity index (χ2n) is 5.87. The van der Waals surface area contributed by atoms with Crippen molar-refractivity contribution in [2.75, 3.05) is 12.8 Å². The molecule has 2 aliphatic heterocycles. The minimum Gasteiger partial charge on any atom is -0.444 e. The molecule has 4 nitrogen and oxygen atoms in total. The maximum Gasteiger partial charge on any atom is 0.411 e.